The summed E-state index contributed by atoms with van der Waals surface area (Å²) in [4.78, 5) is 11.7. The molecular weight excluding hydrogens is 294 g/mol. The van der Waals surface area contributed by atoms with Crippen LogP contribution in [0, 0.1) is 0 Å². The molecule has 0 fully saturated rings. The maximum Gasteiger partial charge on any atom is 0.243 e. The normalized spacial score (nSPS) is 10.8. The van der Waals surface area contributed by atoms with Gasteiger partial charge in [-0.2, -0.15) is 0 Å². The topological polar surface area (TPSA) is 29.1 Å². The Labute approximate surface area is 136 Å². The van der Waals surface area contributed by atoms with Crippen LogP contribution in [0.25, 0.3) is 6.08 Å². The number of unbranched alkanes of at least 4 members (excludes halogenated alkanes) is 1. The van der Waals surface area contributed by atoms with E-state index in [0.717, 1.165) is 24.8 Å². The summed E-state index contributed by atoms with van der Waals surface area (Å²) in [6.45, 7) is 0.705. The Morgan fingerprint density at radius 1 is 1.00 bits per heavy atom. The molecule has 1 N–H and O–H groups in total. The number of carbonyl (C=O) groups excluding carboxylic acids is 1. The number of halogens is 1. The first-order chi connectivity index (χ1) is 10.7. The third kappa shape index (κ3) is 6.15. The van der Waals surface area contributed by atoms with E-state index in [4.69, 9.17) is 11.6 Å². The minimum absolute atomic E-state index is 0.0605. The molecule has 22 heavy (non-hydrogen) atoms. The molecule has 0 saturated heterocycles. The first-order valence-electron chi connectivity index (χ1n) is 7.49. The summed E-state index contributed by atoms with van der Waals surface area (Å²) in [5.41, 5.74) is 2.31. The van der Waals surface area contributed by atoms with Gasteiger partial charge in [-0.15, -0.1) is 0 Å². The van der Waals surface area contributed by atoms with E-state index in [-0.39, 0.29) is 5.91 Å². The number of aryl methyl sites for hydroxylation is 1. The summed E-state index contributed by atoms with van der Waals surface area (Å²) in [5.74, 6) is -0.0605. The third-order valence-corrected chi connectivity index (χ3v) is 3.58. The summed E-state index contributed by atoms with van der Waals surface area (Å²) in [6.07, 6.45) is 6.45. The second kappa shape index (κ2) is 9.06. The molecule has 0 unspecified atom stereocenters. The van der Waals surface area contributed by atoms with Crippen molar-refractivity contribution in [3.05, 3.63) is 76.8 Å². The SMILES string of the molecule is O=C(/C=C/c1ccc(Cl)cc1)NCCCCc1ccccc1. The molecule has 0 heterocycles. The van der Waals surface area contributed by atoms with Crippen molar-refractivity contribution in [2.45, 2.75) is 19.3 Å². The Bertz CT molecular complexity index is 605. The summed E-state index contributed by atoms with van der Waals surface area (Å²) in [6, 6.07) is 17.8. The summed E-state index contributed by atoms with van der Waals surface area (Å²) in [5, 5.41) is 3.59. The lowest BCUT2D eigenvalue weighted by molar-refractivity contribution is -0.116. The van der Waals surface area contributed by atoms with Crippen molar-refractivity contribution in [2.24, 2.45) is 0 Å². The molecule has 2 aromatic carbocycles. The van der Waals surface area contributed by atoms with Crippen LogP contribution in [0.15, 0.2) is 60.7 Å². The van der Waals surface area contributed by atoms with Gasteiger partial charge in [0, 0.05) is 17.6 Å². The van der Waals surface area contributed by atoms with E-state index in [1.807, 2.05) is 30.3 Å². The Balaban J connectivity index is 1.62. The first-order valence-corrected chi connectivity index (χ1v) is 7.87. The van der Waals surface area contributed by atoms with Crippen molar-refractivity contribution in [3.63, 3.8) is 0 Å². The first kappa shape index (κ1) is 16.3. The second-order valence-corrected chi connectivity index (χ2v) is 5.56. The number of hydrogen-bond acceptors (Lipinski definition) is 1. The number of amides is 1. The largest absolute Gasteiger partial charge is 0.353 e. The van der Waals surface area contributed by atoms with Crippen LogP contribution in [0.1, 0.15) is 24.0 Å². The van der Waals surface area contributed by atoms with E-state index in [1.165, 1.54) is 5.56 Å². The van der Waals surface area contributed by atoms with Crippen LogP contribution >= 0.6 is 11.6 Å². The fourth-order valence-corrected chi connectivity index (χ4v) is 2.24. The molecule has 2 aromatic rings. The van der Waals surface area contributed by atoms with E-state index >= 15 is 0 Å². The molecule has 2 rings (SSSR count). The summed E-state index contributed by atoms with van der Waals surface area (Å²) >= 11 is 5.81. The van der Waals surface area contributed by atoms with E-state index < -0.39 is 0 Å². The molecule has 114 valence electrons. The highest BCUT2D eigenvalue weighted by Crippen LogP contribution is 2.10. The van der Waals surface area contributed by atoms with E-state index in [9.17, 15) is 4.79 Å². The average molecular weight is 314 g/mol. The number of nitrogens with one attached hydrogen (secondary N) is 1. The van der Waals surface area contributed by atoms with E-state index in [2.05, 4.69) is 29.6 Å². The lowest BCUT2D eigenvalue weighted by atomic mass is 10.1. The Morgan fingerprint density at radius 2 is 1.73 bits per heavy atom. The quantitative estimate of drug-likeness (QED) is 0.592. The Hall–Kier alpha value is -2.06. The lowest BCUT2D eigenvalue weighted by Crippen LogP contribution is -2.22. The predicted molar refractivity (Wildman–Crippen MR) is 92.9 cm³/mol. The second-order valence-electron chi connectivity index (χ2n) is 5.12. The number of benzene rings is 2. The Morgan fingerprint density at radius 3 is 2.45 bits per heavy atom. The Kier molecular flexibility index (Phi) is 6.72. The van der Waals surface area contributed by atoms with Gasteiger partial charge in [-0.3, -0.25) is 4.79 Å². The molecule has 0 aliphatic carbocycles. The van der Waals surface area contributed by atoms with Crippen molar-refractivity contribution in [1.82, 2.24) is 5.32 Å². The van der Waals surface area contributed by atoms with Gasteiger partial charge < -0.3 is 5.32 Å². The molecule has 0 bridgehead atoms. The number of hydrogen-bond donors (Lipinski definition) is 1. The van der Waals surface area contributed by atoms with Crippen LogP contribution in [0.3, 0.4) is 0 Å². The van der Waals surface area contributed by atoms with Gasteiger partial charge in [0.1, 0.15) is 0 Å². The molecule has 0 radical (unpaired) electrons. The van der Waals surface area contributed by atoms with Gasteiger partial charge in [0.25, 0.3) is 0 Å². The number of carbonyl (C=O) groups is 1. The van der Waals surface area contributed by atoms with Gasteiger partial charge >= 0.3 is 0 Å². The third-order valence-electron chi connectivity index (χ3n) is 3.33. The molecule has 0 aliphatic rings. The van der Waals surface area contributed by atoms with Gasteiger partial charge in [0.15, 0.2) is 0 Å². The molecule has 0 aromatic heterocycles. The van der Waals surface area contributed by atoms with E-state index in [0.29, 0.717) is 11.6 Å². The van der Waals surface area contributed by atoms with Crippen molar-refractivity contribution in [3.8, 4) is 0 Å². The van der Waals surface area contributed by atoms with Crippen LogP contribution in [0.4, 0.5) is 0 Å². The van der Waals surface area contributed by atoms with Gasteiger partial charge in [-0.05, 0) is 48.6 Å². The zero-order valence-electron chi connectivity index (χ0n) is 12.5. The van der Waals surface area contributed by atoms with Crippen molar-refractivity contribution in [1.29, 1.82) is 0 Å². The zero-order chi connectivity index (χ0) is 15.6. The summed E-state index contributed by atoms with van der Waals surface area (Å²) < 4.78 is 0. The van der Waals surface area contributed by atoms with Gasteiger partial charge in [0.05, 0.1) is 0 Å². The maximum absolute atomic E-state index is 11.7. The molecular formula is C19H20ClNO. The van der Waals surface area contributed by atoms with Crippen LogP contribution in [-0.2, 0) is 11.2 Å². The van der Waals surface area contributed by atoms with Gasteiger partial charge in [-0.1, -0.05) is 54.1 Å². The fourth-order valence-electron chi connectivity index (χ4n) is 2.12. The average Bonchev–Trinajstić information content (AvgIpc) is 2.55. The highest BCUT2D eigenvalue weighted by atomic mass is 35.5. The van der Waals surface area contributed by atoms with Crippen LogP contribution < -0.4 is 5.32 Å². The molecule has 3 heteroatoms. The molecule has 0 aliphatic heterocycles. The number of rotatable bonds is 7. The predicted octanol–water partition coefficient (Wildman–Crippen LogP) is 4.49. The van der Waals surface area contributed by atoms with E-state index in [1.54, 1.807) is 12.2 Å². The standard InChI is InChI=1S/C19H20ClNO/c20-18-12-9-17(10-13-18)11-14-19(22)21-15-5-4-8-16-6-2-1-3-7-16/h1-3,6-7,9-14H,4-5,8,15H2,(H,21,22)/b14-11+. The van der Waals surface area contributed by atoms with Crippen LogP contribution in [0.5, 0.6) is 0 Å². The smallest absolute Gasteiger partial charge is 0.243 e. The van der Waals surface area contributed by atoms with Crippen LogP contribution in [-0.4, -0.2) is 12.5 Å². The molecule has 0 spiro atoms. The highest BCUT2D eigenvalue weighted by Gasteiger charge is 1.96. The van der Waals surface area contributed by atoms with Gasteiger partial charge in [-0.25, -0.2) is 0 Å². The van der Waals surface area contributed by atoms with Crippen molar-refractivity contribution < 1.29 is 4.79 Å². The van der Waals surface area contributed by atoms with Crippen LogP contribution in [0.2, 0.25) is 5.02 Å². The monoisotopic (exact) mass is 313 g/mol. The minimum Gasteiger partial charge on any atom is -0.353 e. The molecule has 0 atom stereocenters. The molecule has 1 amide bonds. The van der Waals surface area contributed by atoms with Crippen molar-refractivity contribution >= 4 is 23.6 Å². The molecule has 0 saturated carbocycles. The zero-order valence-corrected chi connectivity index (χ0v) is 13.2. The highest BCUT2D eigenvalue weighted by molar-refractivity contribution is 6.30. The van der Waals surface area contributed by atoms with Gasteiger partial charge in [0.2, 0.25) is 5.91 Å². The fraction of sp³-hybridized carbons (Fsp3) is 0.211. The summed E-state index contributed by atoms with van der Waals surface area (Å²) in [7, 11) is 0. The lowest BCUT2D eigenvalue weighted by Gasteiger charge is -2.03. The van der Waals surface area contributed by atoms with Crippen molar-refractivity contribution in [2.75, 3.05) is 6.54 Å². The molecule has 2 nitrogen and oxygen atoms in total. The minimum atomic E-state index is -0.0605. The maximum atomic E-state index is 11.7.